The van der Waals surface area contributed by atoms with E-state index in [9.17, 15) is 0 Å². The monoisotopic (exact) mass is 463 g/mol. The van der Waals surface area contributed by atoms with Gasteiger partial charge in [-0.25, -0.2) is 0 Å². The number of hydrogen-bond donors (Lipinski definition) is 0. The number of hydrogen-bond acceptors (Lipinski definition) is 1. The topological polar surface area (TPSA) is 12.9 Å². The van der Waals surface area contributed by atoms with Gasteiger partial charge in [-0.15, -0.1) is 0 Å². The summed E-state index contributed by atoms with van der Waals surface area (Å²) in [6, 6.07) is 39.7. The average Bonchev–Trinajstić information content (AvgIpc) is 2.92. The molecule has 0 aliphatic heterocycles. The second-order valence-electron chi connectivity index (χ2n) is 10.5. The largest absolute Gasteiger partial charge is 0.264 e. The van der Waals surface area contributed by atoms with E-state index in [-0.39, 0.29) is 5.41 Å². The van der Waals surface area contributed by atoms with E-state index >= 15 is 0 Å². The molecule has 0 atom stereocenters. The van der Waals surface area contributed by atoms with Crippen molar-refractivity contribution in [3.05, 3.63) is 127 Å². The lowest BCUT2D eigenvalue weighted by Gasteiger charge is -2.23. The van der Waals surface area contributed by atoms with Gasteiger partial charge in [-0.05, 0) is 78.5 Å². The van der Waals surface area contributed by atoms with Crippen LogP contribution >= 0.6 is 0 Å². The predicted octanol–water partition coefficient (Wildman–Crippen LogP) is 9.69. The molecule has 1 nitrogen and oxygen atoms in total. The maximum Gasteiger partial charge on any atom is 0.0346 e. The number of aromatic nitrogens is 1. The van der Waals surface area contributed by atoms with E-state index in [1.54, 1.807) is 0 Å². The summed E-state index contributed by atoms with van der Waals surface area (Å²) in [4.78, 5) is 4.37. The highest BCUT2D eigenvalue weighted by Gasteiger charge is 2.20. The van der Waals surface area contributed by atoms with Crippen molar-refractivity contribution in [2.45, 2.75) is 26.2 Å². The Kier molecular flexibility index (Phi) is 5.42. The molecule has 0 fully saturated rings. The van der Waals surface area contributed by atoms with Gasteiger partial charge < -0.3 is 0 Å². The normalized spacial score (nSPS) is 11.8. The van der Waals surface area contributed by atoms with Crippen LogP contribution in [0.15, 0.2) is 122 Å². The smallest absolute Gasteiger partial charge is 0.0346 e. The van der Waals surface area contributed by atoms with Gasteiger partial charge in [0.25, 0.3) is 0 Å². The van der Waals surface area contributed by atoms with Gasteiger partial charge in [0.2, 0.25) is 0 Å². The van der Waals surface area contributed by atoms with Gasteiger partial charge in [0.05, 0.1) is 0 Å². The molecule has 0 saturated carbocycles. The Labute approximate surface area is 213 Å². The SMILES string of the molecule is CC(C)(C)c1ccc2c(-c3ccccc3)c3cc(-c4cccnc4)ccc3c(-c3ccccc3)c2c1. The molecule has 1 heteroatoms. The summed E-state index contributed by atoms with van der Waals surface area (Å²) in [5.41, 5.74) is 8.77. The Morgan fingerprint density at radius 1 is 0.472 bits per heavy atom. The van der Waals surface area contributed by atoms with Crippen LogP contribution in [0.4, 0.5) is 0 Å². The fourth-order valence-corrected chi connectivity index (χ4v) is 5.24. The summed E-state index contributed by atoms with van der Waals surface area (Å²) in [5, 5.41) is 5.11. The van der Waals surface area contributed by atoms with Crippen LogP contribution in [0, 0.1) is 0 Å². The molecule has 0 aliphatic rings. The molecule has 1 aromatic heterocycles. The minimum Gasteiger partial charge on any atom is -0.264 e. The van der Waals surface area contributed by atoms with Crippen LogP contribution in [-0.4, -0.2) is 4.98 Å². The van der Waals surface area contributed by atoms with Crippen LogP contribution in [0.3, 0.4) is 0 Å². The number of nitrogens with zero attached hydrogens (tertiary/aromatic N) is 1. The van der Waals surface area contributed by atoms with Gasteiger partial charge in [-0.3, -0.25) is 4.98 Å². The molecule has 0 unspecified atom stereocenters. The van der Waals surface area contributed by atoms with Crippen LogP contribution < -0.4 is 0 Å². The first kappa shape index (κ1) is 22.2. The minimum absolute atomic E-state index is 0.0637. The van der Waals surface area contributed by atoms with Crippen molar-refractivity contribution in [1.29, 1.82) is 0 Å². The molecule has 0 amide bonds. The summed E-state index contributed by atoms with van der Waals surface area (Å²) in [5.74, 6) is 0. The van der Waals surface area contributed by atoms with Crippen LogP contribution in [0.2, 0.25) is 0 Å². The third kappa shape index (κ3) is 3.87. The van der Waals surface area contributed by atoms with E-state index in [1.165, 1.54) is 54.9 Å². The number of fused-ring (bicyclic) bond motifs is 2. The van der Waals surface area contributed by atoms with Crippen LogP contribution in [-0.2, 0) is 5.41 Å². The van der Waals surface area contributed by atoms with E-state index in [0.29, 0.717) is 0 Å². The Morgan fingerprint density at radius 3 is 1.58 bits per heavy atom. The fraction of sp³-hybridized carbons (Fsp3) is 0.114. The highest BCUT2D eigenvalue weighted by molar-refractivity contribution is 6.22. The van der Waals surface area contributed by atoms with Gasteiger partial charge >= 0.3 is 0 Å². The third-order valence-corrected chi connectivity index (χ3v) is 7.10. The molecular weight excluding hydrogens is 434 g/mol. The second-order valence-corrected chi connectivity index (χ2v) is 10.5. The van der Waals surface area contributed by atoms with Crippen LogP contribution in [0.1, 0.15) is 26.3 Å². The third-order valence-electron chi connectivity index (χ3n) is 7.10. The van der Waals surface area contributed by atoms with Gasteiger partial charge in [-0.2, -0.15) is 0 Å². The Morgan fingerprint density at radius 2 is 1.03 bits per heavy atom. The minimum atomic E-state index is 0.0637. The molecule has 6 rings (SSSR count). The van der Waals surface area contributed by atoms with Gasteiger partial charge in [0.15, 0.2) is 0 Å². The van der Waals surface area contributed by atoms with Crippen LogP contribution in [0.25, 0.3) is 54.9 Å². The molecule has 6 aromatic rings. The molecule has 1 heterocycles. The second kappa shape index (κ2) is 8.77. The lowest BCUT2D eigenvalue weighted by atomic mass is 9.81. The zero-order valence-corrected chi connectivity index (χ0v) is 21.0. The predicted molar refractivity (Wildman–Crippen MR) is 154 cm³/mol. The Bertz CT molecular complexity index is 1680. The van der Waals surface area contributed by atoms with E-state index < -0.39 is 0 Å². The van der Waals surface area contributed by atoms with Crippen molar-refractivity contribution in [2.75, 3.05) is 0 Å². The first-order valence-corrected chi connectivity index (χ1v) is 12.6. The summed E-state index contributed by atoms with van der Waals surface area (Å²) < 4.78 is 0. The fourth-order valence-electron chi connectivity index (χ4n) is 5.24. The molecule has 0 spiro atoms. The van der Waals surface area contributed by atoms with Crippen molar-refractivity contribution in [2.24, 2.45) is 0 Å². The van der Waals surface area contributed by atoms with Gasteiger partial charge in [-0.1, -0.05) is 112 Å². The highest BCUT2D eigenvalue weighted by Crippen LogP contribution is 2.45. The molecule has 0 saturated heterocycles. The maximum absolute atomic E-state index is 4.37. The standard InChI is InChI=1S/C35H29N/c1-35(2,3)28-17-19-30-32(22-28)34(25-13-8-5-9-14-25)29-18-16-26(27-15-10-20-36-23-27)21-31(29)33(30)24-11-6-4-7-12-24/h4-23H,1-3H3. The van der Waals surface area contributed by atoms with Crippen molar-refractivity contribution < 1.29 is 0 Å². The lowest BCUT2D eigenvalue weighted by Crippen LogP contribution is -2.10. The molecule has 0 bridgehead atoms. The zero-order chi connectivity index (χ0) is 24.7. The number of benzene rings is 5. The molecule has 36 heavy (non-hydrogen) atoms. The van der Waals surface area contributed by atoms with Crippen molar-refractivity contribution in [3.63, 3.8) is 0 Å². The highest BCUT2D eigenvalue weighted by atomic mass is 14.6. The van der Waals surface area contributed by atoms with E-state index in [4.69, 9.17) is 0 Å². The van der Waals surface area contributed by atoms with Gasteiger partial charge in [0, 0.05) is 18.0 Å². The van der Waals surface area contributed by atoms with Crippen molar-refractivity contribution in [1.82, 2.24) is 4.98 Å². The molecule has 0 radical (unpaired) electrons. The first-order valence-electron chi connectivity index (χ1n) is 12.6. The Balaban J connectivity index is 1.81. The summed E-state index contributed by atoms with van der Waals surface area (Å²) in [6.45, 7) is 6.86. The quantitative estimate of drug-likeness (QED) is 0.238. The van der Waals surface area contributed by atoms with E-state index in [1.807, 2.05) is 18.5 Å². The molecule has 174 valence electrons. The van der Waals surface area contributed by atoms with E-state index in [0.717, 1.165) is 5.56 Å². The zero-order valence-electron chi connectivity index (χ0n) is 21.0. The number of pyridine rings is 1. The number of rotatable bonds is 3. The van der Waals surface area contributed by atoms with Crippen molar-refractivity contribution >= 4 is 21.5 Å². The van der Waals surface area contributed by atoms with Gasteiger partial charge in [0.1, 0.15) is 0 Å². The summed E-state index contributed by atoms with van der Waals surface area (Å²) in [6.07, 6.45) is 3.77. The molecular formula is C35H29N. The van der Waals surface area contributed by atoms with Crippen molar-refractivity contribution in [3.8, 4) is 33.4 Å². The summed E-state index contributed by atoms with van der Waals surface area (Å²) >= 11 is 0. The first-order chi connectivity index (χ1) is 17.5. The molecule has 0 N–H and O–H groups in total. The molecule has 0 aliphatic carbocycles. The summed E-state index contributed by atoms with van der Waals surface area (Å²) in [7, 11) is 0. The Hall–Kier alpha value is -4.23. The molecule has 5 aromatic carbocycles. The maximum atomic E-state index is 4.37. The van der Waals surface area contributed by atoms with Crippen LogP contribution in [0.5, 0.6) is 0 Å². The van der Waals surface area contributed by atoms with E-state index in [2.05, 4.69) is 129 Å². The average molecular weight is 464 g/mol. The lowest BCUT2D eigenvalue weighted by molar-refractivity contribution is 0.591.